The van der Waals surface area contributed by atoms with E-state index in [1.54, 1.807) is 30.0 Å². The van der Waals surface area contributed by atoms with Crippen LogP contribution in [0.2, 0.25) is 0 Å². The number of hydrogen-bond donors (Lipinski definition) is 1. The highest BCUT2D eigenvalue weighted by atomic mass is 32.2. The molecule has 0 aromatic heterocycles. The molecule has 0 amide bonds. The van der Waals surface area contributed by atoms with Crippen molar-refractivity contribution in [2.24, 2.45) is 0 Å². The molecule has 4 heteroatoms. The first-order chi connectivity index (χ1) is 7.76. The minimum absolute atomic E-state index is 0.189. The lowest BCUT2D eigenvalue weighted by Gasteiger charge is -2.09. The van der Waals surface area contributed by atoms with E-state index in [1.807, 2.05) is 13.0 Å². The van der Waals surface area contributed by atoms with E-state index in [1.165, 1.54) is 0 Å². The second-order valence-electron chi connectivity index (χ2n) is 3.35. The van der Waals surface area contributed by atoms with Crippen LogP contribution in [-0.2, 0) is 0 Å². The maximum Gasteiger partial charge on any atom is 0.120 e. The number of nitrogens with zero attached hydrogens (tertiary/aromatic N) is 1. The van der Waals surface area contributed by atoms with Crippen LogP contribution < -0.4 is 4.74 Å². The van der Waals surface area contributed by atoms with Crippen LogP contribution in [0.3, 0.4) is 0 Å². The molecule has 1 aromatic carbocycles. The maximum atomic E-state index is 8.82. The van der Waals surface area contributed by atoms with Gasteiger partial charge in [-0.15, -0.1) is 0 Å². The van der Waals surface area contributed by atoms with Gasteiger partial charge in [-0.3, -0.25) is 0 Å². The Hall–Kier alpha value is -1.18. The van der Waals surface area contributed by atoms with Crippen molar-refractivity contribution >= 4 is 11.8 Å². The van der Waals surface area contributed by atoms with Crippen LogP contribution >= 0.6 is 11.8 Å². The Morgan fingerprint density at radius 3 is 3.06 bits per heavy atom. The van der Waals surface area contributed by atoms with E-state index in [-0.39, 0.29) is 11.9 Å². The Kier molecular flexibility index (Phi) is 5.76. The fourth-order valence-corrected chi connectivity index (χ4v) is 1.80. The summed E-state index contributed by atoms with van der Waals surface area (Å²) in [7, 11) is 0. The zero-order chi connectivity index (χ0) is 11.8. The van der Waals surface area contributed by atoms with Crippen molar-refractivity contribution in [1.29, 1.82) is 5.26 Å². The van der Waals surface area contributed by atoms with Crippen molar-refractivity contribution in [3.05, 3.63) is 29.8 Å². The van der Waals surface area contributed by atoms with Gasteiger partial charge in [-0.25, -0.2) is 0 Å². The Morgan fingerprint density at radius 1 is 1.56 bits per heavy atom. The minimum Gasteiger partial charge on any atom is -0.493 e. The summed E-state index contributed by atoms with van der Waals surface area (Å²) >= 11 is 1.67. The molecule has 16 heavy (non-hydrogen) atoms. The van der Waals surface area contributed by atoms with E-state index >= 15 is 0 Å². The van der Waals surface area contributed by atoms with Crippen LogP contribution in [0.5, 0.6) is 5.75 Å². The number of ether oxygens (including phenoxy) is 1. The number of nitriles is 1. The van der Waals surface area contributed by atoms with Crippen molar-refractivity contribution in [3.8, 4) is 11.8 Å². The molecule has 0 bridgehead atoms. The molecule has 1 atom stereocenters. The third-order valence-electron chi connectivity index (χ3n) is 1.97. The first kappa shape index (κ1) is 12.9. The minimum atomic E-state index is 0.189. The average molecular weight is 237 g/mol. The molecule has 0 aliphatic heterocycles. The molecule has 1 aromatic rings. The van der Waals surface area contributed by atoms with E-state index in [4.69, 9.17) is 15.1 Å². The largest absolute Gasteiger partial charge is 0.493 e. The zero-order valence-electron chi connectivity index (χ0n) is 9.22. The molecule has 0 saturated carbocycles. The molecular formula is C12H15NO2S. The molecule has 0 heterocycles. The summed E-state index contributed by atoms with van der Waals surface area (Å²) in [6.07, 6.45) is 0. The summed E-state index contributed by atoms with van der Waals surface area (Å²) in [4.78, 5) is 0. The summed E-state index contributed by atoms with van der Waals surface area (Å²) in [6, 6.07) is 9.17. The first-order valence-electron chi connectivity index (χ1n) is 5.11. The predicted octanol–water partition coefficient (Wildman–Crippen LogP) is 2.05. The zero-order valence-corrected chi connectivity index (χ0v) is 10.0. The molecular weight excluding hydrogens is 222 g/mol. The van der Waals surface area contributed by atoms with E-state index in [0.717, 1.165) is 11.5 Å². The number of thioether (sulfide) groups is 1. The molecule has 0 spiro atoms. The maximum absolute atomic E-state index is 8.82. The van der Waals surface area contributed by atoms with Crippen LogP contribution in [0, 0.1) is 11.3 Å². The third kappa shape index (κ3) is 4.56. The smallest absolute Gasteiger partial charge is 0.120 e. The highest BCUT2D eigenvalue weighted by molar-refractivity contribution is 7.99. The summed E-state index contributed by atoms with van der Waals surface area (Å²) in [5.41, 5.74) is 0.605. The van der Waals surface area contributed by atoms with Crippen LogP contribution in [0.15, 0.2) is 24.3 Å². The molecule has 0 fully saturated rings. The van der Waals surface area contributed by atoms with Crippen molar-refractivity contribution in [2.75, 3.05) is 19.0 Å². The van der Waals surface area contributed by atoms with Crippen LogP contribution in [-0.4, -0.2) is 29.3 Å². The lowest BCUT2D eigenvalue weighted by Crippen LogP contribution is -2.07. The molecule has 86 valence electrons. The van der Waals surface area contributed by atoms with Gasteiger partial charge in [0.05, 0.1) is 24.8 Å². The standard InChI is InChI=1S/C12H15NO2S/c1-10(9-14)16-6-5-15-12-4-2-3-11(7-12)8-13/h2-4,7,10,14H,5-6,9H2,1H3/t10-/m1/s1. The van der Waals surface area contributed by atoms with Crippen LogP contribution in [0.1, 0.15) is 12.5 Å². The molecule has 0 unspecified atom stereocenters. The predicted molar refractivity (Wildman–Crippen MR) is 65.7 cm³/mol. The number of benzene rings is 1. The molecule has 1 rings (SSSR count). The summed E-state index contributed by atoms with van der Waals surface area (Å²) < 4.78 is 5.49. The molecule has 0 aliphatic carbocycles. The lowest BCUT2D eigenvalue weighted by atomic mass is 10.2. The van der Waals surface area contributed by atoms with Crippen molar-refractivity contribution in [1.82, 2.24) is 0 Å². The molecule has 0 aliphatic rings. The Balaban J connectivity index is 2.29. The fourth-order valence-electron chi connectivity index (χ4n) is 1.12. The molecule has 1 N–H and O–H groups in total. The lowest BCUT2D eigenvalue weighted by molar-refractivity contribution is 0.299. The van der Waals surface area contributed by atoms with Gasteiger partial charge < -0.3 is 9.84 Å². The summed E-state index contributed by atoms with van der Waals surface area (Å²) in [5.74, 6) is 1.55. The fraction of sp³-hybridized carbons (Fsp3) is 0.417. The molecule has 3 nitrogen and oxygen atoms in total. The topological polar surface area (TPSA) is 53.2 Å². The van der Waals surface area contributed by atoms with Gasteiger partial charge in [0.25, 0.3) is 0 Å². The number of aliphatic hydroxyl groups is 1. The second-order valence-corrected chi connectivity index (χ2v) is 4.90. The van der Waals surface area contributed by atoms with Gasteiger partial charge in [-0.2, -0.15) is 17.0 Å². The highest BCUT2D eigenvalue weighted by Gasteiger charge is 2.00. The monoisotopic (exact) mass is 237 g/mol. The van der Waals surface area contributed by atoms with Gasteiger partial charge in [-0.05, 0) is 18.2 Å². The van der Waals surface area contributed by atoms with Gasteiger partial charge in [0.2, 0.25) is 0 Å². The quantitative estimate of drug-likeness (QED) is 0.769. The average Bonchev–Trinajstić information content (AvgIpc) is 2.34. The summed E-state index contributed by atoms with van der Waals surface area (Å²) in [5, 5.41) is 17.8. The Morgan fingerprint density at radius 2 is 2.38 bits per heavy atom. The van der Waals surface area contributed by atoms with E-state index < -0.39 is 0 Å². The first-order valence-corrected chi connectivity index (χ1v) is 6.16. The molecule has 0 saturated heterocycles. The van der Waals surface area contributed by atoms with E-state index in [0.29, 0.717) is 12.2 Å². The second kappa shape index (κ2) is 7.15. The third-order valence-corrected chi connectivity index (χ3v) is 3.10. The Labute approximate surface area is 100 Å². The van der Waals surface area contributed by atoms with Crippen LogP contribution in [0.25, 0.3) is 0 Å². The number of hydrogen-bond acceptors (Lipinski definition) is 4. The SMILES string of the molecule is C[C@H](CO)SCCOc1cccc(C#N)c1. The van der Waals surface area contributed by atoms with Crippen molar-refractivity contribution < 1.29 is 9.84 Å². The van der Waals surface area contributed by atoms with Gasteiger partial charge in [0.1, 0.15) is 5.75 Å². The van der Waals surface area contributed by atoms with Gasteiger partial charge in [0.15, 0.2) is 0 Å². The number of rotatable bonds is 6. The number of aliphatic hydroxyl groups excluding tert-OH is 1. The van der Waals surface area contributed by atoms with Gasteiger partial charge in [-0.1, -0.05) is 13.0 Å². The Bertz CT molecular complexity index is 362. The normalized spacial score (nSPS) is 11.8. The van der Waals surface area contributed by atoms with Crippen LogP contribution in [0.4, 0.5) is 0 Å². The van der Waals surface area contributed by atoms with Crippen molar-refractivity contribution in [2.45, 2.75) is 12.2 Å². The van der Waals surface area contributed by atoms with Gasteiger partial charge >= 0.3 is 0 Å². The highest BCUT2D eigenvalue weighted by Crippen LogP contribution is 2.14. The molecule has 0 radical (unpaired) electrons. The van der Waals surface area contributed by atoms with Gasteiger partial charge in [0, 0.05) is 11.0 Å². The summed E-state index contributed by atoms with van der Waals surface area (Å²) in [6.45, 7) is 2.75. The van der Waals surface area contributed by atoms with Crippen molar-refractivity contribution in [3.63, 3.8) is 0 Å². The van der Waals surface area contributed by atoms with E-state index in [2.05, 4.69) is 6.07 Å². The van der Waals surface area contributed by atoms with E-state index in [9.17, 15) is 0 Å².